The number of aryl methyl sites for hydroxylation is 2. The minimum Gasteiger partial charge on any atom is -0.507 e. The number of hydrogen-bond donors (Lipinski definition) is 1. The minimum absolute atomic E-state index is 0.0946. The number of aromatic hydroxyl groups is 1. The smallest absolute Gasteiger partial charge is 0.243 e. The lowest BCUT2D eigenvalue weighted by molar-refractivity contribution is 0.0730. The Morgan fingerprint density at radius 1 is 1.09 bits per heavy atom. The molecule has 33 heavy (non-hydrogen) atoms. The summed E-state index contributed by atoms with van der Waals surface area (Å²) in [7, 11) is -3.62. The average molecular weight is 472 g/mol. The highest BCUT2D eigenvalue weighted by atomic mass is 32.2. The number of aromatic nitrogens is 2. The van der Waals surface area contributed by atoms with E-state index in [1.807, 2.05) is 32.0 Å². The molecule has 3 aromatic rings. The zero-order valence-electron chi connectivity index (χ0n) is 19.0. The minimum atomic E-state index is -3.62. The van der Waals surface area contributed by atoms with E-state index in [0.29, 0.717) is 38.4 Å². The lowest BCUT2D eigenvalue weighted by Gasteiger charge is -2.26. The average Bonchev–Trinajstić information content (AvgIpc) is 3.46. The zero-order chi connectivity index (χ0) is 23.2. The number of morpholine rings is 1. The van der Waals surface area contributed by atoms with Crippen LogP contribution in [-0.2, 0) is 26.0 Å². The number of phenols is 1. The third-order valence-electron chi connectivity index (χ3n) is 6.49. The Bertz CT molecular complexity index is 1270. The molecule has 1 N–H and O–H groups in total. The molecule has 8 nitrogen and oxygen atoms in total. The molecule has 0 unspecified atom stereocenters. The van der Waals surface area contributed by atoms with Crippen molar-refractivity contribution < 1.29 is 23.0 Å². The topological polar surface area (TPSA) is 93.9 Å². The van der Waals surface area contributed by atoms with Gasteiger partial charge in [-0.2, -0.15) is 4.31 Å². The first kappa shape index (κ1) is 22.3. The molecule has 9 heteroatoms. The number of hydrogen-bond acceptors (Lipinski definition) is 6. The molecule has 0 spiro atoms. The van der Waals surface area contributed by atoms with Crippen LogP contribution in [0.25, 0.3) is 22.4 Å². The van der Waals surface area contributed by atoms with Gasteiger partial charge in [-0.25, -0.2) is 13.4 Å². The van der Waals surface area contributed by atoms with E-state index in [9.17, 15) is 13.5 Å². The molecule has 0 aliphatic carbocycles. The van der Waals surface area contributed by atoms with Crippen LogP contribution in [0, 0.1) is 13.8 Å². The lowest BCUT2D eigenvalue weighted by Crippen LogP contribution is -2.40. The van der Waals surface area contributed by atoms with Crippen LogP contribution in [0.1, 0.15) is 24.0 Å². The second kappa shape index (κ2) is 8.72. The number of phenolic OH excluding ortho intramolecular Hbond substituents is 1. The highest BCUT2D eigenvalue weighted by Gasteiger charge is 2.28. The number of sulfonamides is 1. The molecular weight excluding hydrogens is 442 g/mol. The Kier molecular flexibility index (Phi) is 5.90. The van der Waals surface area contributed by atoms with Gasteiger partial charge in [-0.1, -0.05) is 0 Å². The molecule has 2 aromatic carbocycles. The summed E-state index contributed by atoms with van der Waals surface area (Å²) in [6.07, 6.45) is 2.11. The quantitative estimate of drug-likeness (QED) is 0.614. The Morgan fingerprint density at radius 2 is 1.82 bits per heavy atom. The largest absolute Gasteiger partial charge is 0.507 e. The molecule has 0 bridgehead atoms. The second-order valence-corrected chi connectivity index (χ2v) is 10.7. The van der Waals surface area contributed by atoms with E-state index in [1.165, 1.54) is 4.31 Å². The van der Waals surface area contributed by atoms with E-state index in [1.54, 1.807) is 12.1 Å². The van der Waals surface area contributed by atoms with Crippen molar-refractivity contribution in [2.45, 2.75) is 44.2 Å². The van der Waals surface area contributed by atoms with Crippen LogP contribution in [0.3, 0.4) is 0 Å². The SMILES string of the molecule is Cc1cc(-c2nc3cc(S(=O)(=O)N4CCOCC4)ccc3n2C[C@H]2CCCO2)cc(C)c1O. The summed E-state index contributed by atoms with van der Waals surface area (Å²) in [5.74, 6) is 1.02. The molecule has 2 saturated heterocycles. The molecule has 0 saturated carbocycles. The summed E-state index contributed by atoms with van der Waals surface area (Å²) in [5, 5.41) is 10.2. The summed E-state index contributed by atoms with van der Waals surface area (Å²) in [6, 6.07) is 9.00. The Hall–Kier alpha value is -2.46. The second-order valence-electron chi connectivity index (χ2n) is 8.81. The van der Waals surface area contributed by atoms with E-state index >= 15 is 0 Å². The van der Waals surface area contributed by atoms with Crippen LogP contribution in [0.2, 0.25) is 0 Å². The molecule has 1 aromatic heterocycles. The van der Waals surface area contributed by atoms with Gasteiger partial charge in [-0.05, 0) is 68.1 Å². The molecule has 2 aliphatic heterocycles. The van der Waals surface area contributed by atoms with E-state index in [0.717, 1.165) is 47.5 Å². The fourth-order valence-electron chi connectivity index (χ4n) is 4.69. The Labute approximate surface area is 193 Å². The Balaban J connectivity index is 1.62. The van der Waals surface area contributed by atoms with Gasteiger partial charge >= 0.3 is 0 Å². The number of nitrogens with zero attached hydrogens (tertiary/aromatic N) is 3. The van der Waals surface area contributed by atoms with E-state index < -0.39 is 10.0 Å². The van der Waals surface area contributed by atoms with Gasteiger partial charge in [0.25, 0.3) is 0 Å². The molecule has 0 amide bonds. The first-order chi connectivity index (χ1) is 15.8. The highest BCUT2D eigenvalue weighted by Crippen LogP contribution is 2.33. The van der Waals surface area contributed by atoms with Crippen molar-refractivity contribution in [3.63, 3.8) is 0 Å². The molecule has 1 atom stereocenters. The third-order valence-corrected chi connectivity index (χ3v) is 8.38. The first-order valence-electron chi connectivity index (χ1n) is 11.3. The number of imidazole rings is 1. The van der Waals surface area contributed by atoms with Gasteiger partial charge in [0, 0.05) is 25.3 Å². The van der Waals surface area contributed by atoms with Crippen LogP contribution in [-0.4, -0.2) is 66.4 Å². The fourth-order valence-corrected chi connectivity index (χ4v) is 6.12. The van der Waals surface area contributed by atoms with Gasteiger partial charge in [0.05, 0.1) is 41.8 Å². The van der Waals surface area contributed by atoms with Crippen molar-refractivity contribution in [2.75, 3.05) is 32.9 Å². The number of benzene rings is 2. The van der Waals surface area contributed by atoms with Crippen molar-refractivity contribution >= 4 is 21.1 Å². The maximum atomic E-state index is 13.2. The molecule has 2 aliphatic rings. The third kappa shape index (κ3) is 4.14. The number of ether oxygens (including phenoxy) is 2. The first-order valence-corrected chi connectivity index (χ1v) is 12.8. The summed E-state index contributed by atoms with van der Waals surface area (Å²) in [4.78, 5) is 5.11. The highest BCUT2D eigenvalue weighted by molar-refractivity contribution is 7.89. The fraction of sp³-hybridized carbons (Fsp3) is 0.458. The van der Waals surface area contributed by atoms with Crippen molar-refractivity contribution in [3.05, 3.63) is 41.5 Å². The van der Waals surface area contributed by atoms with Gasteiger partial charge in [0.15, 0.2) is 0 Å². The van der Waals surface area contributed by atoms with Crippen LogP contribution in [0.15, 0.2) is 35.2 Å². The monoisotopic (exact) mass is 471 g/mol. The van der Waals surface area contributed by atoms with Crippen molar-refractivity contribution in [3.8, 4) is 17.1 Å². The molecule has 3 heterocycles. The summed E-state index contributed by atoms with van der Waals surface area (Å²) < 4.78 is 41.1. The molecule has 176 valence electrons. The zero-order valence-corrected chi connectivity index (χ0v) is 19.8. The Morgan fingerprint density at radius 3 is 2.48 bits per heavy atom. The predicted octanol–water partition coefficient (Wildman–Crippen LogP) is 3.23. The number of rotatable bonds is 5. The standard InChI is InChI=1S/C24H29N3O5S/c1-16-12-18(13-17(2)23(16)28)24-25-21-14-20(33(29,30)26-7-10-31-11-8-26)5-6-22(21)27(24)15-19-4-3-9-32-19/h5-6,12-14,19,28H,3-4,7-11,15H2,1-2H3/t19-/m1/s1. The van der Waals surface area contributed by atoms with Crippen LogP contribution in [0.5, 0.6) is 5.75 Å². The van der Waals surface area contributed by atoms with Crippen molar-refractivity contribution in [2.24, 2.45) is 0 Å². The summed E-state index contributed by atoms with van der Waals surface area (Å²) in [6.45, 7) is 6.64. The lowest BCUT2D eigenvalue weighted by atomic mass is 10.1. The van der Waals surface area contributed by atoms with E-state index in [4.69, 9.17) is 14.5 Å². The molecule has 5 rings (SSSR count). The van der Waals surface area contributed by atoms with Gasteiger partial charge in [-0.15, -0.1) is 0 Å². The normalized spacial score (nSPS) is 20.0. The van der Waals surface area contributed by atoms with Crippen molar-refractivity contribution in [1.82, 2.24) is 13.9 Å². The van der Waals surface area contributed by atoms with Gasteiger partial charge in [0.1, 0.15) is 11.6 Å². The van der Waals surface area contributed by atoms with Crippen LogP contribution >= 0.6 is 0 Å². The maximum absolute atomic E-state index is 13.2. The van der Waals surface area contributed by atoms with Gasteiger partial charge in [0.2, 0.25) is 10.0 Å². The molecule has 0 radical (unpaired) electrons. The van der Waals surface area contributed by atoms with E-state index in [2.05, 4.69) is 4.57 Å². The van der Waals surface area contributed by atoms with Crippen molar-refractivity contribution in [1.29, 1.82) is 0 Å². The van der Waals surface area contributed by atoms with Crippen LogP contribution < -0.4 is 0 Å². The predicted molar refractivity (Wildman–Crippen MR) is 125 cm³/mol. The molecule has 2 fully saturated rings. The maximum Gasteiger partial charge on any atom is 0.243 e. The summed E-state index contributed by atoms with van der Waals surface area (Å²) in [5.41, 5.74) is 3.92. The van der Waals surface area contributed by atoms with Crippen LogP contribution in [0.4, 0.5) is 0 Å². The van der Waals surface area contributed by atoms with Gasteiger partial charge < -0.3 is 19.1 Å². The summed E-state index contributed by atoms with van der Waals surface area (Å²) >= 11 is 0. The van der Waals surface area contributed by atoms with E-state index in [-0.39, 0.29) is 16.7 Å². The van der Waals surface area contributed by atoms with Gasteiger partial charge in [-0.3, -0.25) is 0 Å². The molecular formula is C24H29N3O5S. The number of fused-ring (bicyclic) bond motifs is 1.